The summed E-state index contributed by atoms with van der Waals surface area (Å²) < 4.78 is 10.8. The first-order chi connectivity index (χ1) is 13.4. The predicted octanol–water partition coefficient (Wildman–Crippen LogP) is 4.69. The van der Waals surface area contributed by atoms with Gasteiger partial charge in [0, 0.05) is 29.9 Å². The van der Waals surface area contributed by atoms with E-state index in [4.69, 9.17) is 8.83 Å². The van der Waals surface area contributed by atoms with Crippen LogP contribution in [-0.4, -0.2) is 28.3 Å². The topological polar surface area (TPSA) is 72.4 Å². The van der Waals surface area contributed by atoms with Gasteiger partial charge >= 0.3 is 0 Å². The van der Waals surface area contributed by atoms with Crippen molar-refractivity contribution in [3.05, 3.63) is 60.0 Å². The quantitative estimate of drug-likeness (QED) is 0.458. The maximum absolute atomic E-state index is 12.9. The average molecular weight is 395 g/mol. The number of hydrogen-bond donors (Lipinski definition) is 0. The number of likely N-dealkylation sites (N-methyl/N-ethyl adjacent to an activating group) is 1. The van der Waals surface area contributed by atoms with Crippen LogP contribution in [0.2, 0.25) is 0 Å². The highest BCUT2D eigenvalue weighted by molar-refractivity contribution is 8.00. The first-order valence-electron chi connectivity index (χ1n) is 9.01. The molecule has 0 aliphatic carbocycles. The van der Waals surface area contributed by atoms with E-state index in [2.05, 4.69) is 41.1 Å². The van der Waals surface area contributed by atoms with Crippen molar-refractivity contribution in [3.63, 3.8) is 0 Å². The highest BCUT2D eigenvalue weighted by Gasteiger charge is 2.38. The standard InChI is InChI=1S/C21H21N3O3S/c1-13(28-20-23-22-19(27-20)17-10-7-11-26-17)16(25)12-18-21(2,3)14-8-5-6-9-15(14)24(18)4/h5-13H,1-4H3/b18-12+. The highest BCUT2D eigenvalue weighted by atomic mass is 32.2. The van der Waals surface area contributed by atoms with Gasteiger partial charge in [0.25, 0.3) is 11.1 Å². The minimum Gasteiger partial charge on any atom is -0.459 e. The van der Waals surface area contributed by atoms with Crippen molar-refractivity contribution in [2.75, 3.05) is 11.9 Å². The minimum absolute atomic E-state index is 0.00507. The fourth-order valence-corrected chi connectivity index (χ4v) is 4.18. The summed E-state index contributed by atoms with van der Waals surface area (Å²) in [6.45, 7) is 6.12. The SMILES string of the molecule is CC(Sc1nnc(-c2ccco2)o1)C(=O)/C=C1/N(C)c2ccccc2C1(C)C. The molecule has 0 N–H and O–H groups in total. The molecule has 0 spiro atoms. The number of carbonyl (C=O) groups excluding carboxylic acids is 1. The molecule has 0 saturated carbocycles. The second-order valence-corrected chi connectivity index (χ2v) is 8.54. The smallest absolute Gasteiger partial charge is 0.284 e. The zero-order valence-electron chi connectivity index (χ0n) is 16.2. The molecule has 0 radical (unpaired) electrons. The summed E-state index contributed by atoms with van der Waals surface area (Å²) in [6, 6.07) is 11.7. The number of aromatic nitrogens is 2. The Hall–Kier alpha value is -2.80. The van der Waals surface area contributed by atoms with Crippen molar-refractivity contribution in [1.29, 1.82) is 0 Å². The fraction of sp³-hybridized carbons (Fsp3) is 0.286. The molecule has 3 heterocycles. The van der Waals surface area contributed by atoms with Gasteiger partial charge in [0.2, 0.25) is 0 Å². The number of allylic oxidation sites excluding steroid dienone is 2. The molecular weight excluding hydrogens is 374 g/mol. The molecule has 0 bridgehead atoms. The maximum Gasteiger partial charge on any atom is 0.284 e. The summed E-state index contributed by atoms with van der Waals surface area (Å²) in [5.74, 6) is 0.815. The Morgan fingerprint density at radius 3 is 2.71 bits per heavy atom. The van der Waals surface area contributed by atoms with Gasteiger partial charge in [0.1, 0.15) is 0 Å². The van der Waals surface area contributed by atoms with Gasteiger partial charge in [-0.2, -0.15) is 0 Å². The Balaban J connectivity index is 1.52. The van der Waals surface area contributed by atoms with Crippen LogP contribution in [0.5, 0.6) is 0 Å². The molecule has 28 heavy (non-hydrogen) atoms. The van der Waals surface area contributed by atoms with E-state index in [-0.39, 0.29) is 16.4 Å². The lowest BCUT2D eigenvalue weighted by atomic mass is 9.83. The summed E-state index contributed by atoms with van der Waals surface area (Å²) in [7, 11) is 2.00. The lowest BCUT2D eigenvalue weighted by molar-refractivity contribution is -0.114. The van der Waals surface area contributed by atoms with Crippen LogP contribution in [0.3, 0.4) is 0 Å². The Labute approximate surface area is 167 Å². The molecule has 1 unspecified atom stereocenters. The van der Waals surface area contributed by atoms with E-state index in [1.165, 1.54) is 17.3 Å². The fourth-order valence-electron chi connectivity index (χ4n) is 3.48. The first kappa shape index (κ1) is 18.6. The van der Waals surface area contributed by atoms with Gasteiger partial charge in [0.05, 0.1) is 11.5 Å². The normalized spacial score (nSPS) is 17.7. The maximum atomic E-state index is 12.9. The van der Waals surface area contributed by atoms with E-state index in [0.717, 1.165) is 11.4 Å². The van der Waals surface area contributed by atoms with Crippen molar-refractivity contribution in [2.45, 2.75) is 36.7 Å². The summed E-state index contributed by atoms with van der Waals surface area (Å²) >= 11 is 1.24. The summed E-state index contributed by atoms with van der Waals surface area (Å²) in [4.78, 5) is 15.0. The molecule has 1 atom stereocenters. The number of nitrogens with zero attached hydrogens (tertiary/aromatic N) is 3. The second-order valence-electron chi connectivity index (χ2n) is 7.24. The van der Waals surface area contributed by atoms with E-state index in [1.54, 1.807) is 24.5 Å². The lowest BCUT2D eigenvalue weighted by Crippen LogP contribution is -2.25. The molecule has 3 aromatic rings. The van der Waals surface area contributed by atoms with Crippen LogP contribution in [0.4, 0.5) is 5.69 Å². The van der Waals surface area contributed by atoms with Gasteiger partial charge in [0.15, 0.2) is 11.5 Å². The zero-order chi connectivity index (χ0) is 19.9. The largest absolute Gasteiger partial charge is 0.459 e. The Morgan fingerprint density at radius 2 is 2.00 bits per heavy atom. The van der Waals surface area contributed by atoms with Gasteiger partial charge in [-0.15, -0.1) is 10.2 Å². The summed E-state index contributed by atoms with van der Waals surface area (Å²) in [6.07, 6.45) is 3.28. The van der Waals surface area contributed by atoms with Gasteiger partial charge in [-0.05, 0) is 30.7 Å². The number of carbonyl (C=O) groups is 1. The van der Waals surface area contributed by atoms with Crippen molar-refractivity contribution >= 4 is 23.2 Å². The van der Waals surface area contributed by atoms with Crippen LogP contribution in [0.15, 0.2) is 68.5 Å². The van der Waals surface area contributed by atoms with Crippen molar-refractivity contribution in [3.8, 4) is 11.7 Å². The number of fused-ring (bicyclic) bond motifs is 1. The molecular formula is C21H21N3O3S. The molecule has 0 amide bonds. The second kappa shape index (κ2) is 6.98. The van der Waals surface area contributed by atoms with Crippen LogP contribution >= 0.6 is 11.8 Å². The van der Waals surface area contributed by atoms with E-state index < -0.39 is 0 Å². The molecule has 4 rings (SSSR count). The molecule has 0 fully saturated rings. The van der Waals surface area contributed by atoms with Gasteiger partial charge in [-0.25, -0.2) is 0 Å². The molecule has 7 heteroatoms. The van der Waals surface area contributed by atoms with Crippen LogP contribution in [0, 0.1) is 0 Å². The number of thioether (sulfide) groups is 1. The number of ketones is 1. The van der Waals surface area contributed by atoms with Crippen molar-refractivity contribution in [1.82, 2.24) is 10.2 Å². The van der Waals surface area contributed by atoms with Gasteiger partial charge in [-0.1, -0.05) is 43.8 Å². The Bertz CT molecular complexity index is 1040. The molecule has 144 valence electrons. The zero-order valence-corrected chi connectivity index (χ0v) is 17.0. The highest BCUT2D eigenvalue weighted by Crippen LogP contribution is 2.46. The minimum atomic E-state index is -0.356. The van der Waals surface area contributed by atoms with E-state index in [1.807, 2.05) is 26.1 Å². The van der Waals surface area contributed by atoms with E-state index in [9.17, 15) is 4.79 Å². The van der Waals surface area contributed by atoms with Crippen LogP contribution in [0.1, 0.15) is 26.3 Å². The van der Waals surface area contributed by atoms with Crippen LogP contribution in [-0.2, 0) is 10.2 Å². The third-order valence-electron chi connectivity index (χ3n) is 5.04. The number of rotatable bonds is 5. The van der Waals surface area contributed by atoms with Crippen LogP contribution < -0.4 is 4.90 Å². The van der Waals surface area contributed by atoms with Crippen molar-refractivity contribution < 1.29 is 13.6 Å². The Morgan fingerprint density at radius 1 is 1.21 bits per heavy atom. The van der Waals surface area contributed by atoms with E-state index >= 15 is 0 Å². The van der Waals surface area contributed by atoms with Crippen LogP contribution in [0.25, 0.3) is 11.7 Å². The molecule has 1 aliphatic heterocycles. The molecule has 2 aromatic heterocycles. The number of anilines is 1. The monoisotopic (exact) mass is 395 g/mol. The third-order valence-corrected chi connectivity index (χ3v) is 5.99. The lowest BCUT2D eigenvalue weighted by Gasteiger charge is -2.24. The Kier molecular flexibility index (Phi) is 4.63. The molecule has 1 aliphatic rings. The summed E-state index contributed by atoms with van der Waals surface area (Å²) in [5.41, 5.74) is 3.10. The molecule has 6 nitrogen and oxygen atoms in total. The molecule has 1 aromatic carbocycles. The number of furan rings is 1. The van der Waals surface area contributed by atoms with Crippen molar-refractivity contribution in [2.24, 2.45) is 0 Å². The summed E-state index contributed by atoms with van der Waals surface area (Å²) in [5, 5.41) is 7.96. The third kappa shape index (κ3) is 3.16. The molecule has 0 saturated heterocycles. The van der Waals surface area contributed by atoms with Gasteiger partial charge in [-0.3, -0.25) is 4.79 Å². The predicted molar refractivity (Wildman–Crippen MR) is 108 cm³/mol. The number of benzene rings is 1. The number of hydrogen-bond acceptors (Lipinski definition) is 7. The van der Waals surface area contributed by atoms with E-state index in [0.29, 0.717) is 16.9 Å². The van der Waals surface area contributed by atoms with Gasteiger partial charge < -0.3 is 13.7 Å². The average Bonchev–Trinajstić information content (AvgIpc) is 3.39. The first-order valence-corrected chi connectivity index (χ1v) is 9.89. The number of para-hydroxylation sites is 1.